The molecule has 1 aromatic carbocycles. The van der Waals surface area contributed by atoms with Crippen LogP contribution in [0.2, 0.25) is 0 Å². The molecular formula is C11H16N3P. The lowest BCUT2D eigenvalue weighted by molar-refractivity contribution is 0.584. The van der Waals surface area contributed by atoms with Crippen molar-refractivity contribution in [1.82, 2.24) is 9.34 Å². The van der Waals surface area contributed by atoms with E-state index in [-0.39, 0.29) is 0 Å². The highest BCUT2D eigenvalue weighted by Gasteiger charge is 2.19. The van der Waals surface area contributed by atoms with Gasteiger partial charge >= 0.3 is 0 Å². The molecule has 0 N–H and O–H groups in total. The molecular weight excluding hydrogens is 205 g/mol. The van der Waals surface area contributed by atoms with Crippen molar-refractivity contribution in [2.24, 2.45) is 0 Å². The fraction of sp³-hybridized carbons (Fsp3) is 0.364. The first-order valence-corrected chi connectivity index (χ1v) is 5.96. The molecule has 0 aliphatic rings. The molecule has 0 aromatic heterocycles. The minimum Gasteiger partial charge on any atom is -0.272 e. The van der Waals surface area contributed by atoms with Crippen LogP contribution in [-0.2, 0) is 0 Å². The predicted molar refractivity (Wildman–Crippen MR) is 65.1 cm³/mol. The zero-order chi connectivity index (χ0) is 11.4. The van der Waals surface area contributed by atoms with Crippen LogP contribution in [0.15, 0.2) is 24.3 Å². The van der Waals surface area contributed by atoms with Crippen LogP contribution in [0.1, 0.15) is 5.56 Å². The highest BCUT2D eigenvalue weighted by Crippen LogP contribution is 2.39. The molecule has 15 heavy (non-hydrogen) atoms. The molecule has 1 rings (SSSR count). The summed E-state index contributed by atoms with van der Waals surface area (Å²) in [6.45, 7) is 0. The van der Waals surface area contributed by atoms with Gasteiger partial charge in [0, 0.05) is 5.30 Å². The summed E-state index contributed by atoms with van der Waals surface area (Å²) < 4.78 is 4.32. The van der Waals surface area contributed by atoms with E-state index in [1.54, 1.807) is 0 Å². The molecule has 4 heteroatoms. The van der Waals surface area contributed by atoms with Crippen LogP contribution in [0.3, 0.4) is 0 Å². The highest BCUT2D eigenvalue weighted by atomic mass is 31.1. The Bertz CT molecular complexity index is 360. The van der Waals surface area contributed by atoms with Crippen LogP contribution in [0.5, 0.6) is 0 Å². The van der Waals surface area contributed by atoms with Gasteiger partial charge in [0.15, 0.2) is 0 Å². The summed E-state index contributed by atoms with van der Waals surface area (Å²) in [4.78, 5) is 0. The zero-order valence-corrected chi connectivity index (χ0v) is 10.5. The Kier molecular flexibility index (Phi) is 4.23. The van der Waals surface area contributed by atoms with Gasteiger partial charge in [-0.3, -0.25) is 9.34 Å². The Morgan fingerprint density at radius 1 is 1.07 bits per heavy atom. The lowest BCUT2D eigenvalue weighted by atomic mass is 10.2. The number of hydrogen-bond donors (Lipinski definition) is 0. The van der Waals surface area contributed by atoms with Gasteiger partial charge in [-0.15, -0.1) is 0 Å². The van der Waals surface area contributed by atoms with Crippen LogP contribution in [0.25, 0.3) is 0 Å². The summed E-state index contributed by atoms with van der Waals surface area (Å²) in [5.74, 6) is 0. The first kappa shape index (κ1) is 12.1. The molecule has 0 spiro atoms. The van der Waals surface area contributed by atoms with Crippen molar-refractivity contribution in [3.8, 4) is 6.07 Å². The summed E-state index contributed by atoms with van der Waals surface area (Å²) in [6.07, 6.45) is 0. The van der Waals surface area contributed by atoms with E-state index in [1.165, 1.54) is 0 Å². The van der Waals surface area contributed by atoms with E-state index in [1.807, 2.05) is 52.5 Å². The maximum Gasteiger partial charge on any atom is 0.0999 e. The van der Waals surface area contributed by atoms with Gasteiger partial charge in [-0.1, -0.05) is 18.2 Å². The first-order valence-electron chi connectivity index (χ1n) is 4.71. The standard InChI is InChI=1S/C11H16N3P/c1-13(2)15(14(3)4)11-8-6-5-7-10(11)9-12/h5-8H,1-4H3. The minimum absolute atomic E-state index is 0.556. The molecule has 0 aliphatic carbocycles. The van der Waals surface area contributed by atoms with Crippen LogP contribution in [0, 0.1) is 11.3 Å². The van der Waals surface area contributed by atoms with Gasteiger partial charge in [0.05, 0.1) is 19.9 Å². The number of rotatable bonds is 3. The van der Waals surface area contributed by atoms with Gasteiger partial charge in [0.1, 0.15) is 0 Å². The van der Waals surface area contributed by atoms with Gasteiger partial charge in [-0.05, 0) is 34.3 Å². The van der Waals surface area contributed by atoms with E-state index in [9.17, 15) is 0 Å². The quantitative estimate of drug-likeness (QED) is 0.726. The maximum atomic E-state index is 9.05. The summed E-state index contributed by atoms with van der Waals surface area (Å²) in [5.41, 5.74) is 0.769. The fourth-order valence-corrected chi connectivity index (χ4v) is 3.67. The summed E-state index contributed by atoms with van der Waals surface area (Å²) >= 11 is 0. The molecule has 1 aromatic rings. The van der Waals surface area contributed by atoms with E-state index in [0.29, 0.717) is 0 Å². The Labute approximate surface area is 92.8 Å². The molecule has 0 atom stereocenters. The van der Waals surface area contributed by atoms with Crippen LogP contribution >= 0.6 is 8.22 Å². The smallest absolute Gasteiger partial charge is 0.0999 e. The summed E-state index contributed by atoms with van der Waals surface area (Å²) in [7, 11) is 7.61. The molecule has 0 heterocycles. The topological polar surface area (TPSA) is 30.3 Å². The average Bonchev–Trinajstić information content (AvgIpc) is 2.17. The van der Waals surface area contributed by atoms with Gasteiger partial charge < -0.3 is 0 Å². The average molecular weight is 221 g/mol. The number of benzene rings is 1. The molecule has 0 saturated carbocycles. The zero-order valence-electron chi connectivity index (χ0n) is 9.60. The third-order valence-corrected chi connectivity index (χ3v) is 4.33. The second kappa shape index (κ2) is 5.23. The lowest BCUT2D eigenvalue weighted by Gasteiger charge is -2.30. The largest absolute Gasteiger partial charge is 0.272 e. The van der Waals surface area contributed by atoms with E-state index < -0.39 is 8.22 Å². The van der Waals surface area contributed by atoms with E-state index in [2.05, 4.69) is 15.4 Å². The monoisotopic (exact) mass is 221 g/mol. The fourth-order valence-electron chi connectivity index (χ4n) is 1.53. The first-order chi connectivity index (χ1) is 7.07. The van der Waals surface area contributed by atoms with Crippen molar-refractivity contribution >= 4 is 13.5 Å². The van der Waals surface area contributed by atoms with Crippen molar-refractivity contribution in [3.05, 3.63) is 29.8 Å². The van der Waals surface area contributed by atoms with Gasteiger partial charge in [-0.25, -0.2) is 0 Å². The van der Waals surface area contributed by atoms with Crippen LogP contribution < -0.4 is 5.30 Å². The maximum absolute atomic E-state index is 9.05. The molecule has 0 unspecified atom stereocenters. The second-order valence-electron chi connectivity index (χ2n) is 3.61. The SMILES string of the molecule is CN(C)P(c1ccccc1C#N)N(C)C. The summed E-state index contributed by atoms with van der Waals surface area (Å²) in [5, 5.41) is 10.2. The number of hydrogen-bond acceptors (Lipinski definition) is 3. The van der Waals surface area contributed by atoms with Crippen molar-refractivity contribution < 1.29 is 0 Å². The molecule has 0 aliphatic heterocycles. The van der Waals surface area contributed by atoms with Crippen molar-refractivity contribution in [2.45, 2.75) is 0 Å². The van der Waals surface area contributed by atoms with Gasteiger partial charge in [0.25, 0.3) is 0 Å². The number of nitrogens with zero attached hydrogens (tertiary/aromatic N) is 3. The van der Waals surface area contributed by atoms with E-state index >= 15 is 0 Å². The predicted octanol–water partition coefficient (Wildman–Crippen LogP) is 1.62. The number of nitriles is 1. The molecule has 0 amide bonds. The molecule has 0 radical (unpaired) electrons. The minimum atomic E-state index is -0.556. The van der Waals surface area contributed by atoms with E-state index in [0.717, 1.165) is 10.9 Å². The Morgan fingerprint density at radius 2 is 1.60 bits per heavy atom. The summed E-state index contributed by atoms with van der Waals surface area (Å²) in [6, 6.07) is 10.0. The van der Waals surface area contributed by atoms with Crippen molar-refractivity contribution in [3.63, 3.8) is 0 Å². The van der Waals surface area contributed by atoms with Crippen LogP contribution in [-0.4, -0.2) is 37.5 Å². The highest BCUT2D eigenvalue weighted by molar-refractivity contribution is 7.61. The van der Waals surface area contributed by atoms with Crippen molar-refractivity contribution in [2.75, 3.05) is 28.2 Å². The Balaban J connectivity index is 3.18. The molecule has 80 valence electrons. The third-order valence-electron chi connectivity index (χ3n) is 2.00. The van der Waals surface area contributed by atoms with Gasteiger partial charge in [0.2, 0.25) is 0 Å². The Hall–Kier alpha value is -0.940. The second-order valence-corrected chi connectivity index (χ2v) is 6.27. The molecule has 0 fully saturated rings. The van der Waals surface area contributed by atoms with Crippen molar-refractivity contribution in [1.29, 1.82) is 5.26 Å². The molecule has 3 nitrogen and oxygen atoms in total. The normalized spacial score (nSPS) is 11.1. The Morgan fingerprint density at radius 3 is 2.07 bits per heavy atom. The lowest BCUT2D eigenvalue weighted by Crippen LogP contribution is -2.25. The van der Waals surface area contributed by atoms with Gasteiger partial charge in [-0.2, -0.15) is 5.26 Å². The molecule has 0 bridgehead atoms. The molecule has 0 saturated heterocycles. The third kappa shape index (κ3) is 2.76. The van der Waals surface area contributed by atoms with Crippen LogP contribution in [0.4, 0.5) is 0 Å². The van der Waals surface area contributed by atoms with E-state index in [4.69, 9.17) is 5.26 Å².